The first-order valence-corrected chi connectivity index (χ1v) is 11.3. The molecule has 1 N–H and O–H groups in total. The van der Waals surface area contributed by atoms with Gasteiger partial charge in [-0.05, 0) is 63.6 Å². The van der Waals surface area contributed by atoms with Gasteiger partial charge in [-0.2, -0.15) is 0 Å². The first kappa shape index (κ1) is 21.9. The molecule has 0 bridgehead atoms. The van der Waals surface area contributed by atoms with Crippen LogP contribution in [0.2, 0.25) is 0 Å². The number of piperidine rings is 1. The smallest absolute Gasteiger partial charge is 0.194 e. The Morgan fingerprint density at radius 3 is 2.79 bits per heavy atom. The van der Waals surface area contributed by atoms with Gasteiger partial charge in [0.1, 0.15) is 5.75 Å². The Balaban J connectivity index is 1.48. The van der Waals surface area contributed by atoms with E-state index in [1.165, 1.54) is 12.8 Å². The fourth-order valence-electron chi connectivity index (χ4n) is 3.91. The molecule has 2 heterocycles. The van der Waals surface area contributed by atoms with Gasteiger partial charge in [-0.25, -0.2) is 4.99 Å². The van der Waals surface area contributed by atoms with E-state index in [1.54, 1.807) is 0 Å². The molecule has 2 fully saturated rings. The number of likely N-dealkylation sites (tertiary alicyclic amines) is 1. The van der Waals surface area contributed by atoms with Crippen LogP contribution in [0.4, 0.5) is 0 Å². The van der Waals surface area contributed by atoms with Crippen molar-refractivity contribution in [2.45, 2.75) is 64.7 Å². The number of ether oxygens (including phenoxy) is 3. The van der Waals surface area contributed by atoms with E-state index in [1.807, 2.05) is 19.1 Å². The molecule has 0 saturated carbocycles. The number of hydrogen-bond acceptors (Lipinski definition) is 4. The molecule has 1 aromatic rings. The van der Waals surface area contributed by atoms with Gasteiger partial charge in [-0.3, -0.25) is 0 Å². The Morgan fingerprint density at radius 1 is 1.21 bits per heavy atom. The lowest BCUT2D eigenvalue weighted by molar-refractivity contribution is -0.0721. The number of nitrogens with one attached hydrogen (secondary N) is 1. The number of guanidine groups is 1. The highest BCUT2D eigenvalue weighted by Crippen LogP contribution is 2.18. The largest absolute Gasteiger partial charge is 0.494 e. The van der Waals surface area contributed by atoms with Gasteiger partial charge in [0.15, 0.2) is 5.96 Å². The average molecular weight is 404 g/mol. The van der Waals surface area contributed by atoms with E-state index in [4.69, 9.17) is 19.2 Å². The van der Waals surface area contributed by atoms with Gasteiger partial charge in [-0.1, -0.05) is 12.1 Å². The summed E-state index contributed by atoms with van der Waals surface area (Å²) in [5, 5.41) is 3.44. The molecule has 1 atom stereocenters. The standard InChI is InChI=1S/C23H37N3O3/c1-3-24-23(25-17-19-8-7-10-21(16-19)27-4-2)26-13-11-20(12-14-26)29-18-22-9-5-6-15-28-22/h7-8,10,16,20,22H,3-6,9,11-15,17-18H2,1-2H3,(H,24,25). The van der Waals surface area contributed by atoms with Crippen LogP contribution in [0.3, 0.4) is 0 Å². The number of aliphatic imine (C=N–C) groups is 1. The summed E-state index contributed by atoms with van der Waals surface area (Å²) in [5.74, 6) is 1.90. The van der Waals surface area contributed by atoms with Crippen molar-refractivity contribution in [1.29, 1.82) is 0 Å². The number of benzene rings is 1. The highest BCUT2D eigenvalue weighted by Gasteiger charge is 2.23. The summed E-state index contributed by atoms with van der Waals surface area (Å²) < 4.78 is 17.5. The summed E-state index contributed by atoms with van der Waals surface area (Å²) in [6.07, 6.45) is 6.31. The zero-order valence-electron chi connectivity index (χ0n) is 18.1. The molecule has 6 heteroatoms. The first-order valence-electron chi connectivity index (χ1n) is 11.3. The molecular formula is C23H37N3O3. The lowest BCUT2D eigenvalue weighted by Gasteiger charge is -2.35. The number of hydrogen-bond donors (Lipinski definition) is 1. The molecule has 3 rings (SSSR count). The van der Waals surface area contributed by atoms with Crippen LogP contribution in [0.5, 0.6) is 5.75 Å². The van der Waals surface area contributed by atoms with E-state index >= 15 is 0 Å². The predicted octanol–water partition coefficient (Wildman–Crippen LogP) is 3.60. The van der Waals surface area contributed by atoms with Crippen molar-refractivity contribution in [2.24, 2.45) is 4.99 Å². The third-order valence-electron chi connectivity index (χ3n) is 5.49. The highest BCUT2D eigenvalue weighted by molar-refractivity contribution is 5.80. The maximum Gasteiger partial charge on any atom is 0.194 e. The molecular weight excluding hydrogens is 366 g/mol. The van der Waals surface area contributed by atoms with Crippen molar-refractivity contribution in [1.82, 2.24) is 10.2 Å². The van der Waals surface area contributed by atoms with Crippen LogP contribution >= 0.6 is 0 Å². The van der Waals surface area contributed by atoms with Crippen LogP contribution < -0.4 is 10.1 Å². The molecule has 6 nitrogen and oxygen atoms in total. The maximum absolute atomic E-state index is 6.15. The summed E-state index contributed by atoms with van der Waals surface area (Å²) in [4.78, 5) is 7.22. The molecule has 0 spiro atoms. The Bertz CT molecular complexity index is 624. The molecule has 2 saturated heterocycles. The van der Waals surface area contributed by atoms with Crippen molar-refractivity contribution in [2.75, 3.05) is 39.5 Å². The summed E-state index contributed by atoms with van der Waals surface area (Å²) in [7, 11) is 0. The zero-order valence-corrected chi connectivity index (χ0v) is 18.1. The minimum atomic E-state index is 0.299. The Kier molecular flexibility index (Phi) is 9.09. The lowest BCUT2D eigenvalue weighted by atomic mass is 10.1. The fourth-order valence-corrected chi connectivity index (χ4v) is 3.91. The van der Waals surface area contributed by atoms with Crippen molar-refractivity contribution >= 4 is 5.96 Å². The second kappa shape index (κ2) is 12.0. The van der Waals surface area contributed by atoms with Crippen LogP contribution in [-0.4, -0.2) is 62.5 Å². The second-order valence-corrected chi connectivity index (χ2v) is 7.76. The topological polar surface area (TPSA) is 55.3 Å². The molecule has 0 amide bonds. The third kappa shape index (κ3) is 7.19. The van der Waals surface area contributed by atoms with Crippen molar-refractivity contribution in [3.63, 3.8) is 0 Å². The summed E-state index contributed by atoms with van der Waals surface area (Å²) in [6.45, 7) is 9.90. The molecule has 0 aliphatic carbocycles. The molecule has 162 valence electrons. The van der Waals surface area contributed by atoms with Crippen molar-refractivity contribution in [3.05, 3.63) is 29.8 Å². The summed E-state index contributed by atoms with van der Waals surface area (Å²) in [6, 6.07) is 8.19. The second-order valence-electron chi connectivity index (χ2n) is 7.76. The van der Waals surface area contributed by atoms with E-state index in [0.29, 0.717) is 25.4 Å². The first-order chi connectivity index (χ1) is 14.3. The van der Waals surface area contributed by atoms with E-state index in [9.17, 15) is 0 Å². The quantitative estimate of drug-likeness (QED) is 0.531. The average Bonchev–Trinajstić information content (AvgIpc) is 2.77. The molecule has 1 unspecified atom stereocenters. The summed E-state index contributed by atoms with van der Waals surface area (Å²) in [5.41, 5.74) is 1.16. The minimum absolute atomic E-state index is 0.299. The van der Waals surface area contributed by atoms with Crippen LogP contribution in [0, 0.1) is 0 Å². The van der Waals surface area contributed by atoms with E-state index in [0.717, 1.165) is 69.4 Å². The molecule has 1 aromatic carbocycles. The van der Waals surface area contributed by atoms with E-state index in [2.05, 4.69) is 29.3 Å². The van der Waals surface area contributed by atoms with Crippen molar-refractivity contribution < 1.29 is 14.2 Å². The van der Waals surface area contributed by atoms with Gasteiger partial charge in [0.2, 0.25) is 0 Å². The normalized spacial score (nSPS) is 21.2. The SMILES string of the molecule is CCNC(=NCc1cccc(OCC)c1)N1CCC(OCC2CCCCO2)CC1. The van der Waals surface area contributed by atoms with Crippen LogP contribution in [0.15, 0.2) is 29.3 Å². The number of rotatable bonds is 8. The lowest BCUT2D eigenvalue weighted by Crippen LogP contribution is -2.47. The Labute approximate surface area is 175 Å². The van der Waals surface area contributed by atoms with Gasteiger partial charge in [0.25, 0.3) is 0 Å². The minimum Gasteiger partial charge on any atom is -0.494 e. The molecule has 0 aromatic heterocycles. The molecule has 2 aliphatic rings. The van der Waals surface area contributed by atoms with Crippen LogP contribution in [0.1, 0.15) is 51.5 Å². The number of nitrogens with zero attached hydrogens (tertiary/aromatic N) is 2. The van der Waals surface area contributed by atoms with Gasteiger partial charge < -0.3 is 24.4 Å². The molecule has 0 radical (unpaired) electrons. The zero-order chi connectivity index (χ0) is 20.3. The van der Waals surface area contributed by atoms with Gasteiger partial charge >= 0.3 is 0 Å². The Morgan fingerprint density at radius 2 is 2.07 bits per heavy atom. The third-order valence-corrected chi connectivity index (χ3v) is 5.49. The maximum atomic E-state index is 6.15. The molecule has 29 heavy (non-hydrogen) atoms. The van der Waals surface area contributed by atoms with Gasteiger partial charge in [0.05, 0.1) is 32.0 Å². The van der Waals surface area contributed by atoms with E-state index in [-0.39, 0.29) is 0 Å². The highest BCUT2D eigenvalue weighted by atomic mass is 16.5. The van der Waals surface area contributed by atoms with Gasteiger partial charge in [0, 0.05) is 26.2 Å². The Hall–Kier alpha value is -1.79. The fraction of sp³-hybridized carbons (Fsp3) is 0.696. The van der Waals surface area contributed by atoms with Crippen LogP contribution in [0.25, 0.3) is 0 Å². The van der Waals surface area contributed by atoms with E-state index < -0.39 is 0 Å². The van der Waals surface area contributed by atoms with Crippen LogP contribution in [-0.2, 0) is 16.0 Å². The van der Waals surface area contributed by atoms with Gasteiger partial charge in [-0.15, -0.1) is 0 Å². The van der Waals surface area contributed by atoms with Crippen molar-refractivity contribution in [3.8, 4) is 5.75 Å². The molecule has 2 aliphatic heterocycles. The summed E-state index contributed by atoms with van der Waals surface area (Å²) >= 11 is 0. The monoisotopic (exact) mass is 403 g/mol. The predicted molar refractivity (Wildman–Crippen MR) is 117 cm³/mol.